The topological polar surface area (TPSA) is 84.5 Å². The highest BCUT2D eigenvalue weighted by Gasteiger charge is 2.17. The van der Waals surface area contributed by atoms with Crippen molar-refractivity contribution >= 4 is 23.3 Å². The predicted molar refractivity (Wildman–Crippen MR) is 99.2 cm³/mol. The molecule has 1 atom stereocenters. The van der Waals surface area contributed by atoms with Crippen molar-refractivity contribution in [1.29, 1.82) is 0 Å². The lowest BCUT2D eigenvalue weighted by molar-refractivity contribution is -0.126. The van der Waals surface area contributed by atoms with Crippen LogP contribution in [0.3, 0.4) is 0 Å². The molecule has 6 nitrogen and oxygen atoms in total. The van der Waals surface area contributed by atoms with E-state index in [1.807, 2.05) is 0 Å². The van der Waals surface area contributed by atoms with E-state index in [0.29, 0.717) is 11.3 Å². The number of carbonyl (C=O) groups excluding carboxylic acids is 3. The van der Waals surface area contributed by atoms with Gasteiger partial charge >= 0.3 is 0 Å². The molecule has 7 heteroatoms. The average molecular weight is 372 g/mol. The summed E-state index contributed by atoms with van der Waals surface area (Å²) >= 11 is 0. The number of rotatable bonds is 8. The van der Waals surface area contributed by atoms with Gasteiger partial charge in [0.15, 0.2) is 5.78 Å². The SMILES string of the molecule is COc1ccc(C(=O)CCC(=O)NC(C)C(=O)Nc2ccccc2F)cc1. The highest BCUT2D eigenvalue weighted by Crippen LogP contribution is 2.14. The zero-order valence-corrected chi connectivity index (χ0v) is 15.1. The van der Waals surface area contributed by atoms with Crippen LogP contribution in [0.15, 0.2) is 48.5 Å². The minimum atomic E-state index is -0.867. The van der Waals surface area contributed by atoms with Crippen molar-refractivity contribution in [2.75, 3.05) is 12.4 Å². The quantitative estimate of drug-likeness (QED) is 0.698. The Kier molecular flexibility index (Phi) is 7.05. The van der Waals surface area contributed by atoms with Gasteiger partial charge in [0.1, 0.15) is 17.6 Å². The number of Topliss-reactive ketones (excluding diaryl/α,β-unsaturated/α-hetero) is 1. The molecule has 2 aromatic carbocycles. The van der Waals surface area contributed by atoms with Crippen LogP contribution in [0.4, 0.5) is 10.1 Å². The number of nitrogens with one attached hydrogen (secondary N) is 2. The summed E-state index contributed by atoms with van der Waals surface area (Å²) < 4.78 is 18.6. The van der Waals surface area contributed by atoms with Gasteiger partial charge in [-0.3, -0.25) is 14.4 Å². The van der Waals surface area contributed by atoms with Crippen molar-refractivity contribution < 1.29 is 23.5 Å². The Bertz CT molecular complexity index is 821. The molecule has 0 heterocycles. The molecule has 2 amide bonds. The molecule has 0 saturated heterocycles. The zero-order chi connectivity index (χ0) is 19.8. The van der Waals surface area contributed by atoms with Crippen LogP contribution < -0.4 is 15.4 Å². The van der Waals surface area contributed by atoms with Crippen LogP contribution in [-0.4, -0.2) is 30.7 Å². The van der Waals surface area contributed by atoms with E-state index in [9.17, 15) is 18.8 Å². The van der Waals surface area contributed by atoms with Crippen molar-refractivity contribution in [3.8, 4) is 5.75 Å². The molecule has 2 N–H and O–H groups in total. The number of anilines is 1. The average Bonchev–Trinajstić information content (AvgIpc) is 2.67. The van der Waals surface area contributed by atoms with E-state index in [4.69, 9.17) is 4.74 Å². The van der Waals surface area contributed by atoms with Crippen molar-refractivity contribution in [1.82, 2.24) is 5.32 Å². The van der Waals surface area contributed by atoms with Gasteiger partial charge in [-0.1, -0.05) is 12.1 Å². The maximum Gasteiger partial charge on any atom is 0.246 e. The fraction of sp³-hybridized carbons (Fsp3) is 0.250. The highest BCUT2D eigenvalue weighted by molar-refractivity contribution is 5.99. The Morgan fingerprint density at radius 2 is 1.70 bits per heavy atom. The van der Waals surface area contributed by atoms with E-state index in [1.165, 1.54) is 32.2 Å². The number of ether oxygens (including phenoxy) is 1. The maximum atomic E-state index is 13.5. The third-order valence-electron chi connectivity index (χ3n) is 3.89. The molecule has 0 saturated carbocycles. The van der Waals surface area contributed by atoms with Gasteiger partial charge in [-0.2, -0.15) is 0 Å². The lowest BCUT2D eigenvalue weighted by Crippen LogP contribution is -2.41. The van der Waals surface area contributed by atoms with E-state index in [1.54, 1.807) is 30.3 Å². The summed E-state index contributed by atoms with van der Waals surface area (Å²) in [5.74, 6) is -1.09. The lowest BCUT2D eigenvalue weighted by Gasteiger charge is -2.14. The molecule has 142 valence electrons. The Hall–Kier alpha value is -3.22. The minimum Gasteiger partial charge on any atom is -0.497 e. The summed E-state index contributed by atoms with van der Waals surface area (Å²) in [5.41, 5.74) is 0.521. The van der Waals surface area contributed by atoms with Gasteiger partial charge in [-0.25, -0.2) is 4.39 Å². The molecule has 0 aromatic heterocycles. The van der Waals surface area contributed by atoms with Crippen LogP contribution in [0.2, 0.25) is 0 Å². The second-order valence-electron chi connectivity index (χ2n) is 5.91. The monoisotopic (exact) mass is 372 g/mol. The Labute approximate surface area is 156 Å². The van der Waals surface area contributed by atoms with E-state index in [2.05, 4.69) is 10.6 Å². The maximum absolute atomic E-state index is 13.5. The molecular weight excluding hydrogens is 351 g/mol. The first kappa shape index (κ1) is 20.1. The van der Waals surface area contributed by atoms with E-state index in [-0.39, 0.29) is 24.3 Å². The molecule has 0 aliphatic rings. The Balaban J connectivity index is 1.81. The molecule has 0 aliphatic carbocycles. The summed E-state index contributed by atoms with van der Waals surface area (Å²) in [6, 6.07) is 11.5. The zero-order valence-electron chi connectivity index (χ0n) is 15.1. The van der Waals surface area contributed by atoms with Crippen molar-refractivity contribution in [3.63, 3.8) is 0 Å². The molecule has 1 unspecified atom stereocenters. The van der Waals surface area contributed by atoms with Crippen LogP contribution in [0.25, 0.3) is 0 Å². The smallest absolute Gasteiger partial charge is 0.246 e. The molecular formula is C20H21FN2O4. The van der Waals surface area contributed by atoms with E-state index in [0.717, 1.165) is 0 Å². The molecule has 0 aliphatic heterocycles. The molecule has 0 spiro atoms. The second kappa shape index (κ2) is 9.47. The second-order valence-corrected chi connectivity index (χ2v) is 5.91. The number of ketones is 1. The normalized spacial score (nSPS) is 11.4. The molecule has 0 radical (unpaired) electrons. The first-order valence-corrected chi connectivity index (χ1v) is 8.42. The number of para-hydroxylation sites is 1. The standard InChI is InChI=1S/C20H21FN2O4/c1-13(20(26)23-17-6-4-3-5-16(17)21)22-19(25)12-11-18(24)14-7-9-15(27-2)10-8-14/h3-10,13H,11-12H2,1-2H3,(H,22,25)(H,23,26). The number of amides is 2. The fourth-order valence-electron chi connectivity index (χ4n) is 2.33. The van der Waals surface area contributed by atoms with Crippen LogP contribution in [0.5, 0.6) is 5.75 Å². The van der Waals surface area contributed by atoms with Gasteiger partial charge in [-0.15, -0.1) is 0 Å². The summed E-state index contributed by atoms with van der Waals surface area (Å²) in [7, 11) is 1.53. The van der Waals surface area contributed by atoms with Gasteiger partial charge in [0.2, 0.25) is 11.8 Å². The molecule has 2 rings (SSSR count). The largest absolute Gasteiger partial charge is 0.497 e. The van der Waals surface area contributed by atoms with E-state index >= 15 is 0 Å². The molecule has 2 aromatic rings. The number of hydrogen-bond donors (Lipinski definition) is 2. The van der Waals surface area contributed by atoms with Crippen molar-refractivity contribution in [2.24, 2.45) is 0 Å². The molecule has 0 bridgehead atoms. The third-order valence-corrected chi connectivity index (χ3v) is 3.89. The van der Waals surface area contributed by atoms with E-state index < -0.39 is 23.7 Å². The summed E-state index contributed by atoms with van der Waals surface area (Å²) in [4.78, 5) is 36.1. The number of benzene rings is 2. The fourth-order valence-corrected chi connectivity index (χ4v) is 2.33. The minimum absolute atomic E-state index is 0.0137. The number of carbonyl (C=O) groups is 3. The van der Waals surface area contributed by atoms with Gasteiger partial charge < -0.3 is 15.4 Å². The summed E-state index contributed by atoms with van der Waals surface area (Å²) in [6.45, 7) is 1.49. The first-order valence-electron chi connectivity index (χ1n) is 8.42. The van der Waals surface area contributed by atoms with Gasteiger partial charge in [0.25, 0.3) is 0 Å². The highest BCUT2D eigenvalue weighted by atomic mass is 19.1. The van der Waals surface area contributed by atoms with Crippen LogP contribution in [0.1, 0.15) is 30.1 Å². The Morgan fingerprint density at radius 3 is 2.33 bits per heavy atom. The van der Waals surface area contributed by atoms with Crippen LogP contribution in [0, 0.1) is 5.82 Å². The molecule has 27 heavy (non-hydrogen) atoms. The molecule has 0 fully saturated rings. The van der Waals surface area contributed by atoms with Crippen molar-refractivity contribution in [2.45, 2.75) is 25.8 Å². The lowest BCUT2D eigenvalue weighted by atomic mass is 10.1. The van der Waals surface area contributed by atoms with Gasteiger partial charge in [0, 0.05) is 18.4 Å². The third kappa shape index (κ3) is 5.91. The number of methoxy groups -OCH3 is 1. The first-order chi connectivity index (χ1) is 12.9. The number of hydrogen-bond acceptors (Lipinski definition) is 4. The summed E-state index contributed by atoms with van der Waals surface area (Å²) in [5, 5.41) is 4.91. The van der Waals surface area contributed by atoms with Crippen LogP contribution >= 0.6 is 0 Å². The van der Waals surface area contributed by atoms with Crippen molar-refractivity contribution in [3.05, 3.63) is 59.9 Å². The van der Waals surface area contributed by atoms with Crippen LogP contribution in [-0.2, 0) is 9.59 Å². The predicted octanol–water partition coefficient (Wildman–Crippen LogP) is 2.94. The van der Waals surface area contributed by atoms with Gasteiger partial charge in [-0.05, 0) is 43.3 Å². The van der Waals surface area contributed by atoms with Gasteiger partial charge in [0.05, 0.1) is 12.8 Å². The summed E-state index contributed by atoms with van der Waals surface area (Å²) in [6.07, 6.45) is -0.0397. The Morgan fingerprint density at radius 1 is 1.04 bits per heavy atom. The number of halogens is 1.